The molecule has 21 heavy (non-hydrogen) atoms. The van der Waals surface area contributed by atoms with Crippen molar-refractivity contribution in [2.45, 2.75) is 16.5 Å². The van der Waals surface area contributed by atoms with Crippen molar-refractivity contribution in [3.8, 4) is 0 Å². The number of hydrogen-bond donors (Lipinski definition) is 1. The molecule has 2 rings (SSSR count). The fourth-order valence-corrected chi connectivity index (χ4v) is 3.38. The molecule has 1 aromatic carbocycles. The maximum Gasteiger partial charge on any atom is 0.226 e. The first kappa shape index (κ1) is 15.7. The number of thioether (sulfide) groups is 1. The van der Waals surface area contributed by atoms with Crippen LogP contribution in [-0.4, -0.2) is 17.4 Å². The van der Waals surface area contributed by atoms with E-state index in [9.17, 15) is 9.18 Å². The summed E-state index contributed by atoms with van der Waals surface area (Å²) in [5, 5.41) is 4.61. The topological polar surface area (TPSA) is 42.0 Å². The van der Waals surface area contributed by atoms with Crippen LogP contribution in [0.5, 0.6) is 0 Å². The molecule has 0 aliphatic heterocycles. The maximum atomic E-state index is 12.8. The molecule has 0 bridgehead atoms. The molecule has 0 aliphatic carbocycles. The maximum absolute atomic E-state index is 12.8. The van der Waals surface area contributed by atoms with Crippen LogP contribution in [-0.2, 0) is 17.0 Å². The van der Waals surface area contributed by atoms with Gasteiger partial charge in [-0.2, -0.15) is 0 Å². The normalized spacial score (nSPS) is 10.3. The van der Waals surface area contributed by atoms with E-state index < -0.39 is 0 Å². The Kier molecular flexibility index (Phi) is 5.95. The van der Waals surface area contributed by atoms with Gasteiger partial charge >= 0.3 is 0 Å². The zero-order valence-electron chi connectivity index (χ0n) is 11.3. The minimum absolute atomic E-state index is 0.0599. The van der Waals surface area contributed by atoms with E-state index in [-0.39, 0.29) is 18.1 Å². The largest absolute Gasteiger partial charge is 0.352 e. The van der Waals surface area contributed by atoms with E-state index in [0.29, 0.717) is 6.54 Å². The number of rotatable bonds is 7. The van der Waals surface area contributed by atoms with Crippen LogP contribution in [0.4, 0.5) is 4.39 Å². The van der Waals surface area contributed by atoms with Crippen LogP contribution in [0.15, 0.2) is 46.6 Å². The average molecular weight is 322 g/mol. The Morgan fingerprint density at radius 1 is 1.43 bits per heavy atom. The van der Waals surface area contributed by atoms with E-state index in [4.69, 9.17) is 0 Å². The predicted molar refractivity (Wildman–Crippen MR) is 85.0 cm³/mol. The Hall–Kier alpha value is -1.66. The van der Waals surface area contributed by atoms with Gasteiger partial charge in [0.05, 0.1) is 12.1 Å². The van der Waals surface area contributed by atoms with Crippen LogP contribution in [0.3, 0.4) is 0 Å². The summed E-state index contributed by atoms with van der Waals surface area (Å²) in [6.45, 7) is 4.01. The highest BCUT2D eigenvalue weighted by atomic mass is 32.2. The molecule has 1 aromatic heterocycles. The molecule has 0 saturated carbocycles. The Morgan fingerprint density at radius 2 is 2.19 bits per heavy atom. The summed E-state index contributed by atoms with van der Waals surface area (Å²) in [6, 6.07) is 6.43. The summed E-state index contributed by atoms with van der Waals surface area (Å²) in [5.74, 6) is 0.441. The molecule has 1 N–H and O–H groups in total. The molecule has 0 aliphatic rings. The molecule has 110 valence electrons. The van der Waals surface area contributed by atoms with Crippen LogP contribution in [0, 0.1) is 5.82 Å². The van der Waals surface area contributed by atoms with Gasteiger partial charge in [-0.05, 0) is 17.7 Å². The third kappa shape index (κ3) is 5.32. The van der Waals surface area contributed by atoms with Crippen LogP contribution in [0.25, 0.3) is 0 Å². The van der Waals surface area contributed by atoms with Gasteiger partial charge in [-0.3, -0.25) is 4.79 Å². The van der Waals surface area contributed by atoms with Gasteiger partial charge in [0.25, 0.3) is 0 Å². The lowest BCUT2D eigenvalue weighted by Gasteiger charge is -2.00. The minimum Gasteiger partial charge on any atom is -0.352 e. The molecule has 0 atom stereocenters. The zero-order valence-corrected chi connectivity index (χ0v) is 13.0. The Bertz CT molecular complexity index is 610. The van der Waals surface area contributed by atoms with Crippen LogP contribution < -0.4 is 5.32 Å². The van der Waals surface area contributed by atoms with Gasteiger partial charge in [-0.1, -0.05) is 30.0 Å². The van der Waals surface area contributed by atoms with Gasteiger partial charge in [0.2, 0.25) is 5.91 Å². The first-order valence-electron chi connectivity index (χ1n) is 6.36. The Balaban J connectivity index is 1.84. The third-order valence-corrected chi connectivity index (χ3v) is 4.73. The summed E-state index contributed by atoms with van der Waals surface area (Å²) < 4.78 is 13.7. The second-order valence-corrected chi connectivity index (χ2v) is 6.37. The van der Waals surface area contributed by atoms with Crippen LogP contribution >= 0.6 is 23.1 Å². The first-order chi connectivity index (χ1) is 10.2. The van der Waals surface area contributed by atoms with Crippen molar-refractivity contribution in [3.05, 3.63) is 59.4 Å². The summed E-state index contributed by atoms with van der Waals surface area (Å²) in [5.41, 5.74) is 1.81. The predicted octanol–water partition coefficient (Wildman–Crippen LogP) is 3.42. The van der Waals surface area contributed by atoms with Gasteiger partial charge < -0.3 is 5.32 Å². The molecule has 0 fully saturated rings. The van der Waals surface area contributed by atoms with E-state index in [1.165, 1.54) is 23.5 Å². The standard InChI is InChI=1S/C15H15FN2OS2/c1-2-7-17-14(19)8-13-10-21-15(18-13)20-9-11-3-5-12(16)6-4-11/h2-6,10H,1,7-9H2,(H,17,19). The number of amides is 1. The molecular weight excluding hydrogens is 307 g/mol. The molecule has 1 heterocycles. The number of benzene rings is 1. The quantitative estimate of drug-likeness (QED) is 0.627. The number of thiazole rings is 1. The lowest BCUT2D eigenvalue weighted by Crippen LogP contribution is -2.25. The van der Waals surface area contributed by atoms with E-state index in [1.54, 1.807) is 30.0 Å². The average Bonchev–Trinajstić information content (AvgIpc) is 2.92. The van der Waals surface area contributed by atoms with Crippen molar-refractivity contribution in [2.24, 2.45) is 0 Å². The van der Waals surface area contributed by atoms with Crippen molar-refractivity contribution in [1.82, 2.24) is 10.3 Å². The molecule has 0 radical (unpaired) electrons. The van der Waals surface area contributed by atoms with Gasteiger partial charge in [-0.15, -0.1) is 17.9 Å². The second kappa shape index (κ2) is 7.95. The SMILES string of the molecule is C=CCNC(=O)Cc1csc(SCc2ccc(F)cc2)n1. The van der Waals surface area contributed by atoms with E-state index in [0.717, 1.165) is 21.3 Å². The van der Waals surface area contributed by atoms with Gasteiger partial charge in [0.1, 0.15) is 10.2 Å². The van der Waals surface area contributed by atoms with E-state index >= 15 is 0 Å². The molecular formula is C15H15FN2OS2. The third-order valence-electron chi connectivity index (χ3n) is 2.59. The van der Waals surface area contributed by atoms with Crippen LogP contribution in [0.1, 0.15) is 11.3 Å². The molecule has 3 nitrogen and oxygen atoms in total. The Labute approximate surface area is 131 Å². The van der Waals surface area contributed by atoms with Gasteiger partial charge in [-0.25, -0.2) is 9.37 Å². The van der Waals surface area contributed by atoms with Crippen molar-refractivity contribution in [2.75, 3.05) is 6.54 Å². The molecule has 1 amide bonds. The van der Waals surface area contributed by atoms with Crippen molar-refractivity contribution in [1.29, 1.82) is 0 Å². The van der Waals surface area contributed by atoms with Crippen molar-refractivity contribution >= 4 is 29.0 Å². The summed E-state index contributed by atoms with van der Waals surface area (Å²) in [4.78, 5) is 16.0. The number of aromatic nitrogens is 1. The highest BCUT2D eigenvalue weighted by Gasteiger charge is 2.07. The van der Waals surface area contributed by atoms with Gasteiger partial charge in [0.15, 0.2) is 0 Å². The first-order valence-corrected chi connectivity index (χ1v) is 8.23. The second-order valence-electron chi connectivity index (χ2n) is 4.29. The summed E-state index contributed by atoms with van der Waals surface area (Å²) >= 11 is 3.10. The molecule has 0 spiro atoms. The highest BCUT2D eigenvalue weighted by molar-refractivity contribution is 8.00. The number of carbonyl (C=O) groups is 1. The molecule has 0 saturated heterocycles. The number of nitrogens with one attached hydrogen (secondary N) is 1. The van der Waals surface area contributed by atoms with E-state index in [1.807, 2.05) is 5.38 Å². The van der Waals surface area contributed by atoms with Crippen LogP contribution in [0.2, 0.25) is 0 Å². The fraction of sp³-hybridized carbons (Fsp3) is 0.200. The van der Waals surface area contributed by atoms with E-state index in [2.05, 4.69) is 16.9 Å². The fourth-order valence-electron chi connectivity index (χ4n) is 1.57. The summed E-state index contributed by atoms with van der Waals surface area (Å²) in [7, 11) is 0. The van der Waals surface area contributed by atoms with Crippen molar-refractivity contribution in [3.63, 3.8) is 0 Å². The monoisotopic (exact) mass is 322 g/mol. The Morgan fingerprint density at radius 3 is 2.90 bits per heavy atom. The number of hydrogen-bond acceptors (Lipinski definition) is 4. The highest BCUT2D eigenvalue weighted by Crippen LogP contribution is 2.26. The zero-order chi connectivity index (χ0) is 15.1. The van der Waals surface area contributed by atoms with Crippen molar-refractivity contribution < 1.29 is 9.18 Å². The molecule has 0 unspecified atom stereocenters. The van der Waals surface area contributed by atoms with Gasteiger partial charge in [0, 0.05) is 17.7 Å². The molecule has 6 heteroatoms. The lowest BCUT2D eigenvalue weighted by molar-refractivity contribution is -0.120. The number of carbonyl (C=O) groups excluding carboxylic acids is 1. The minimum atomic E-state index is -0.231. The smallest absolute Gasteiger partial charge is 0.226 e. The number of nitrogens with zero attached hydrogens (tertiary/aromatic N) is 1. The molecule has 2 aromatic rings. The number of halogens is 1. The lowest BCUT2D eigenvalue weighted by atomic mass is 10.2. The summed E-state index contributed by atoms with van der Waals surface area (Å²) in [6.07, 6.45) is 1.92.